The molecule has 1 rings (SSSR count). The molecule has 1 N–H and O–H groups in total. The Balaban J connectivity index is 2.93. The molecule has 0 saturated carbocycles. The average Bonchev–Trinajstić information content (AvgIpc) is 2.04. The molecule has 0 atom stereocenters. The first-order chi connectivity index (χ1) is 5.25. The lowest BCUT2D eigenvalue weighted by atomic mass is 9.80. The molecule has 0 amide bonds. The number of benzene rings is 1. The van der Waals surface area contributed by atoms with Gasteiger partial charge in [0, 0.05) is 5.46 Å². The second-order valence-electron chi connectivity index (χ2n) is 1.96. The molecule has 0 fully saturated rings. The van der Waals surface area contributed by atoms with Crippen LogP contribution in [0.5, 0.6) is 0 Å². The third kappa shape index (κ3) is 1.75. The zero-order valence-corrected chi connectivity index (χ0v) is 5.50. The van der Waals surface area contributed by atoms with E-state index in [1.165, 1.54) is 18.2 Å². The van der Waals surface area contributed by atoms with Gasteiger partial charge in [0.05, 0.1) is 0 Å². The van der Waals surface area contributed by atoms with Gasteiger partial charge in [-0.2, -0.15) is 0 Å². The molecule has 0 aliphatic rings. The van der Waals surface area contributed by atoms with Crippen molar-refractivity contribution in [3.63, 3.8) is 0 Å². The molecular formula is C6H5BF2O2. The van der Waals surface area contributed by atoms with Crippen molar-refractivity contribution in [1.82, 2.24) is 0 Å². The number of halogens is 2. The number of rotatable bonds is 2. The highest BCUT2D eigenvalue weighted by Gasteiger charge is 2.20. The fourth-order valence-corrected chi connectivity index (χ4v) is 0.723. The maximum Gasteiger partial charge on any atom is 0.532 e. The van der Waals surface area contributed by atoms with Gasteiger partial charge in [0.1, 0.15) is 5.82 Å². The van der Waals surface area contributed by atoms with Crippen LogP contribution in [0, 0.1) is 5.82 Å². The van der Waals surface area contributed by atoms with E-state index in [9.17, 15) is 8.92 Å². The summed E-state index contributed by atoms with van der Waals surface area (Å²) in [4.78, 5) is 3.03. The Hall–Kier alpha value is -0.935. The van der Waals surface area contributed by atoms with Crippen molar-refractivity contribution in [2.75, 3.05) is 0 Å². The lowest BCUT2D eigenvalue weighted by molar-refractivity contribution is -0.0269. The molecule has 58 valence electrons. The highest BCUT2D eigenvalue weighted by molar-refractivity contribution is 6.59. The molecule has 0 saturated heterocycles. The van der Waals surface area contributed by atoms with Crippen LogP contribution in [0.1, 0.15) is 0 Å². The summed E-state index contributed by atoms with van der Waals surface area (Å²) in [5.41, 5.74) is -0.213. The van der Waals surface area contributed by atoms with Gasteiger partial charge in [0.15, 0.2) is 0 Å². The van der Waals surface area contributed by atoms with Gasteiger partial charge >= 0.3 is 7.12 Å². The fourth-order valence-electron chi connectivity index (χ4n) is 0.723. The van der Waals surface area contributed by atoms with Gasteiger partial charge in [-0.1, -0.05) is 22.7 Å². The lowest BCUT2D eigenvalue weighted by Crippen LogP contribution is -2.33. The summed E-state index contributed by atoms with van der Waals surface area (Å²) in [6, 6.07) is 5.25. The summed E-state index contributed by atoms with van der Waals surface area (Å²) in [6.07, 6.45) is 0. The molecule has 0 aliphatic carbocycles. The molecular weight excluding hydrogens is 153 g/mol. The van der Waals surface area contributed by atoms with E-state index >= 15 is 0 Å². The van der Waals surface area contributed by atoms with Gasteiger partial charge in [-0.3, -0.25) is 0 Å². The van der Waals surface area contributed by atoms with Crippen molar-refractivity contribution in [2.24, 2.45) is 0 Å². The molecule has 0 bridgehead atoms. The largest absolute Gasteiger partial charge is 0.532 e. The Morgan fingerprint density at radius 3 is 2.55 bits per heavy atom. The summed E-state index contributed by atoms with van der Waals surface area (Å²) >= 11 is 0. The standard InChI is InChI=1S/C6H5BF2O2/c8-6-4-2-1-3-5(6)7(10)11-9/h1-4,10H. The van der Waals surface area contributed by atoms with Crippen molar-refractivity contribution in [2.45, 2.75) is 0 Å². The molecule has 0 unspecified atom stereocenters. The van der Waals surface area contributed by atoms with Gasteiger partial charge in [0.25, 0.3) is 0 Å². The second kappa shape index (κ2) is 3.45. The molecule has 1 aromatic carbocycles. The quantitative estimate of drug-likeness (QED) is 0.631. The van der Waals surface area contributed by atoms with Crippen LogP contribution in [0.2, 0.25) is 0 Å². The van der Waals surface area contributed by atoms with E-state index in [2.05, 4.69) is 4.86 Å². The minimum Gasteiger partial charge on any atom is -0.421 e. The predicted octanol–water partition coefficient (Wildman–Crippen LogP) is 0.414. The van der Waals surface area contributed by atoms with E-state index in [0.29, 0.717) is 0 Å². The first kappa shape index (κ1) is 8.16. The molecule has 0 radical (unpaired) electrons. The van der Waals surface area contributed by atoms with Gasteiger partial charge in [-0.25, -0.2) is 9.25 Å². The topological polar surface area (TPSA) is 29.5 Å². The van der Waals surface area contributed by atoms with E-state index in [0.717, 1.165) is 6.07 Å². The van der Waals surface area contributed by atoms with E-state index in [-0.39, 0.29) is 5.46 Å². The normalized spacial score (nSPS) is 9.73. The number of hydrogen-bond donors (Lipinski definition) is 1. The van der Waals surface area contributed by atoms with Crippen molar-refractivity contribution in [3.8, 4) is 0 Å². The maximum atomic E-state index is 12.6. The molecule has 0 spiro atoms. The third-order valence-electron chi connectivity index (χ3n) is 1.26. The lowest BCUT2D eigenvalue weighted by Gasteiger charge is -2.00. The minimum atomic E-state index is -1.84. The molecule has 0 heterocycles. The van der Waals surface area contributed by atoms with Crippen molar-refractivity contribution < 1.29 is 18.8 Å². The van der Waals surface area contributed by atoms with Crippen LogP contribution in [-0.4, -0.2) is 12.1 Å². The van der Waals surface area contributed by atoms with E-state index < -0.39 is 12.9 Å². The first-order valence-corrected chi connectivity index (χ1v) is 2.95. The monoisotopic (exact) mass is 158 g/mol. The van der Waals surface area contributed by atoms with Crippen LogP contribution in [-0.2, 0) is 4.86 Å². The smallest absolute Gasteiger partial charge is 0.421 e. The van der Waals surface area contributed by atoms with Crippen LogP contribution in [0.15, 0.2) is 24.3 Å². The Morgan fingerprint density at radius 1 is 1.36 bits per heavy atom. The fraction of sp³-hybridized carbons (Fsp3) is 0. The van der Waals surface area contributed by atoms with Gasteiger partial charge < -0.3 is 5.02 Å². The summed E-state index contributed by atoms with van der Waals surface area (Å²) in [5, 5.41) is 8.67. The third-order valence-corrected chi connectivity index (χ3v) is 1.26. The Bertz CT molecular complexity index is 244. The van der Waals surface area contributed by atoms with Crippen LogP contribution in [0.4, 0.5) is 8.92 Å². The predicted molar refractivity (Wildman–Crippen MR) is 36.2 cm³/mol. The van der Waals surface area contributed by atoms with Crippen molar-refractivity contribution in [1.29, 1.82) is 0 Å². The Labute approximate surface area is 62.5 Å². The molecule has 11 heavy (non-hydrogen) atoms. The Kier molecular flexibility index (Phi) is 2.56. The van der Waals surface area contributed by atoms with E-state index in [4.69, 9.17) is 5.02 Å². The highest BCUT2D eigenvalue weighted by atomic mass is 19.3. The maximum absolute atomic E-state index is 12.6. The molecule has 0 aliphatic heterocycles. The zero-order chi connectivity index (χ0) is 8.27. The van der Waals surface area contributed by atoms with Crippen LogP contribution in [0.25, 0.3) is 0 Å². The summed E-state index contributed by atoms with van der Waals surface area (Å²) < 4.78 is 24.0. The van der Waals surface area contributed by atoms with Crippen molar-refractivity contribution >= 4 is 12.6 Å². The van der Waals surface area contributed by atoms with Crippen molar-refractivity contribution in [3.05, 3.63) is 30.1 Å². The summed E-state index contributed by atoms with van der Waals surface area (Å²) in [5.74, 6) is -0.697. The Morgan fingerprint density at radius 2 is 2.00 bits per heavy atom. The number of hydrogen-bond acceptors (Lipinski definition) is 2. The van der Waals surface area contributed by atoms with Crippen LogP contribution >= 0.6 is 0 Å². The van der Waals surface area contributed by atoms with E-state index in [1.54, 1.807) is 0 Å². The zero-order valence-electron chi connectivity index (χ0n) is 5.50. The second-order valence-corrected chi connectivity index (χ2v) is 1.96. The van der Waals surface area contributed by atoms with Gasteiger partial charge in [0.2, 0.25) is 0 Å². The molecule has 1 aromatic rings. The van der Waals surface area contributed by atoms with Gasteiger partial charge in [-0.05, 0) is 6.07 Å². The van der Waals surface area contributed by atoms with Gasteiger partial charge in [-0.15, -0.1) is 0 Å². The summed E-state index contributed by atoms with van der Waals surface area (Å²) in [7, 11) is -1.84. The summed E-state index contributed by atoms with van der Waals surface area (Å²) in [6.45, 7) is 0. The molecule has 0 aromatic heterocycles. The minimum absolute atomic E-state index is 0.213. The van der Waals surface area contributed by atoms with Crippen LogP contribution in [0.3, 0.4) is 0 Å². The molecule has 5 heteroatoms. The highest BCUT2D eigenvalue weighted by Crippen LogP contribution is 1.95. The first-order valence-electron chi connectivity index (χ1n) is 2.95. The van der Waals surface area contributed by atoms with E-state index in [1.807, 2.05) is 0 Å². The van der Waals surface area contributed by atoms with Crippen LogP contribution < -0.4 is 5.46 Å². The molecule has 2 nitrogen and oxygen atoms in total. The average molecular weight is 158 g/mol. The SMILES string of the molecule is OB(OF)c1ccccc1F.